The normalized spacial score (nSPS) is 11.9. The van der Waals surface area contributed by atoms with E-state index in [2.05, 4.69) is 32.5 Å². The first-order valence-electron chi connectivity index (χ1n) is 9.76. The van der Waals surface area contributed by atoms with Gasteiger partial charge in [-0.05, 0) is 53.6 Å². The number of halogens is 3. The molecule has 0 aliphatic rings. The number of hydrogen-bond acceptors (Lipinski definition) is 7. The number of aromatic nitrogens is 2. The first-order chi connectivity index (χ1) is 16.5. The highest BCUT2D eigenvalue weighted by Gasteiger charge is 2.35. The molecule has 0 aliphatic carbocycles. The Kier molecular flexibility index (Phi) is 7.94. The summed E-state index contributed by atoms with van der Waals surface area (Å²) in [7, 11) is 0. The van der Waals surface area contributed by atoms with Gasteiger partial charge in [-0.25, -0.2) is 9.97 Å². The fourth-order valence-electron chi connectivity index (χ4n) is 2.84. The van der Waals surface area contributed by atoms with Gasteiger partial charge in [0.1, 0.15) is 17.2 Å². The zero-order valence-corrected chi connectivity index (χ0v) is 18.6. The molecule has 182 valence electrons. The maximum absolute atomic E-state index is 13.4. The van der Waals surface area contributed by atoms with Crippen LogP contribution in [0.2, 0.25) is 0 Å². The average Bonchev–Trinajstić information content (AvgIpc) is 2.78. The Hall–Kier alpha value is -4.10. The molecular weight excluding hydrogens is 487 g/mol. The molecule has 3 rings (SSSR count). The number of carbonyl (C=O) groups is 2. The molecule has 2 aromatic carbocycles. The number of amides is 2. The van der Waals surface area contributed by atoms with E-state index in [9.17, 15) is 31.5 Å². The third-order valence-electron chi connectivity index (χ3n) is 4.35. The minimum absolute atomic E-state index is 0.146. The summed E-state index contributed by atoms with van der Waals surface area (Å²) in [6.07, 6.45) is -3.22. The predicted octanol–water partition coefficient (Wildman–Crippen LogP) is 3.99. The third-order valence-corrected chi connectivity index (χ3v) is 4.85. The summed E-state index contributed by atoms with van der Waals surface area (Å²) in [4.78, 5) is 31.2. The lowest BCUT2D eigenvalue weighted by Gasteiger charge is -2.15. The third kappa shape index (κ3) is 7.19. The maximum Gasteiger partial charge on any atom is 0.421 e. The number of alkyl halides is 3. The van der Waals surface area contributed by atoms with Gasteiger partial charge in [0.2, 0.25) is 5.91 Å². The highest BCUT2D eigenvalue weighted by atomic mass is 32.2. The van der Waals surface area contributed by atoms with Gasteiger partial charge in [0.15, 0.2) is 0 Å². The smallest absolute Gasteiger partial charge is 0.421 e. The molecule has 0 bridgehead atoms. The van der Waals surface area contributed by atoms with E-state index in [1.165, 1.54) is 36.4 Å². The molecule has 0 saturated heterocycles. The molecule has 1 unspecified atom stereocenters. The van der Waals surface area contributed by atoms with E-state index in [1.54, 1.807) is 12.1 Å². The highest BCUT2D eigenvalue weighted by Crippen LogP contribution is 2.35. The lowest BCUT2D eigenvalue weighted by molar-refractivity contribution is -0.137. The van der Waals surface area contributed by atoms with Crippen LogP contribution in [0.25, 0.3) is 0 Å². The van der Waals surface area contributed by atoms with Gasteiger partial charge < -0.3 is 20.5 Å². The fraction of sp³-hybridized carbons (Fsp3) is 0.0909. The number of benzene rings is 2. The van der Waals surface area contributed by atoms with Crippen molar-refractivity contribution >= 4 is 45.8 Å². The SMILES string of the molecule is C=CC(=O)Nc1cccc(C(=O)Nc2cccc(Nc3nc(CS(=O)[O-])ncc3C(F)(F)F)c2)c1. The van der Waals surface area contributed by atoms with Crippen molar-refractivity contribution in [2.45, 2.75) is 11.9 Å². The topological polar surface area (TPSA) is 136 Å². The first-order valence-corrected chi connectivity index (χ1v) is 11.0. The summed E-state index contributed by atoms with van der Waals surface area (Å²) in [6, 6.07) is 11.9. The van der Waals surface area contributed by atoms with Crippen molar-refractivity contribution in [2.24, 2.45) is 0 Å². The standard InChI is InChI=1S/C22H18F3N5O4S/c1-2-19(31)27-14-6-3-5-13(9-14)21(32)29-16-8-4-7-15(10-16)28-20-17(22(23,24)25)11-26-18(30-20)12-35(33)34/h2-11H,1,12H2,(H,27,31)(H,29,32)(H,33,34)(H,26,28,30)/p-1. The molecule has 0 spiro atoms. The largest absolute Gasteiger partial charge is 0.772 e. The number of nitrogens with one attached hydrogen (secondary N) is 3. The van der Waals surface area contributed by atoms with Crippen LogP contribution >= 0.6 is 0 Å². The molecule has 0 fully saturated rings. The maximum atomic E-state index is 13.4. The van der Waals surface area contributed by atoms with Gasteiger partial charge in [-0.1, -0.05) is 18.7 Å². The number of anilines is 4. The van der Waals surface area contributed by atoms with Crippen LogP contribution < -0.4 is 16.0 Å². The monoisotopic (exact) mass is 504 g/mol. The predicted molar refractivity (Wildman–Crippen MR) is 123 cm³/mol. The van der Waals surface area contributed by atoms with E-state index in [1.807, 2.05) is 0 Å². The van der Waals surface area contributed by atoms with Crippen molar-refractivity contribution in [2.75, 3.05) is 16.0 Å². The molecule has 2 amide bonds. The van der Waals surface area contributed by atoms with E-state index in [0.29, 0.717) is 11.9 Å². The molecule has 1 atom stereocenters. The summed E-state index contributed by atoms with van der Waals surface area (Å²) in [5.41, 5.74) is -0.199. The van der Waals surface area contributed by atoms with Crippen LogP contribution in [0.15, 0.2) is 67.4 Å². The van der Waals surface area contributed by atoms with Gasteiger partial charge >= 0.3 is 6.18 Å². The van der Waals surface area contributed by atoms with Crippen LogP contribution in [0.3, 0.4) is 0 Å². The molecule has 13 heteroatoms. The second-order valence-corrected chi connectivity index (χ2v) is 7.82. The van der Waals surface area contributed by atoms with Gasteiger partial charge in [0.25, 0.3) is 5.91 Å². The van der Waals surface area contributed by atoms with Crippen molar-refractivity contribution in [3.63, 3.8) is 0 Å². The average molecular weight is 504 g/mol. The summed E-state index contributed by atoms with van der Waals surface area (Å²) in [5, 5.41) is 7.65. The zero-order valence-electron chi connectivity index (χ0n) is 17.8. The minimum atomic E-state index is -4.80. The molecule has 0 saturated carbocycles. The quantitative estimate of drug-likeness (QED) is 0.312. The summed E-state index contributed by atoms with van der Waals surface area (Å²) in [6.45, 7) is 3.35. The summed E-state index contributed by atoms with van der Waals surface area (Å²) >= 11 is -2.59. The minimum Gasteiger partial charge on any atom is -0.772 e. The molecule has 35 heavy (non-hydrogen) atoms. The second kappa shape index (κ2) is 10.9. The number of hydrogen-bond donors (Lipinski definition) is 3. The molecule has 3 aromatic rings. The van der Waals surface area contributed by atoms with Crippen LogP contribution in [0.5, 0.6) is 0 Å². The molecule has 1 heterocycles. The van der Waals surface area contributed by atoms with E-state index in [4.69, 9.17) is 0 Å². The van der Waals surface area contributed by atoms with Crippen molar-refractivity contribution in [1.29, 1.82) is 0 Å². The molecule has 0 aliphatic heterocycles. The summed E-state index contributed by atoms with van der Waals surface area (Å²) in [5.74, 6) is -2.59. The number of rotatable bonds is 8. The summed E-state index contributed by atoms with van der Waals surface area (Å²) < 4.78 is 61.9. The van der Waals surface area contributed by atoms with E-state index in [-0.39, 0.29) is 22.8 Å². The van der Waals surface area contributed by atoms with Crippen molar-refractivity contribution < 1.29 is 31.5 Å². The van der Waals surface area contributed by atoms with E-state index < -0.39 is 46.2 Å². The molecule has 3 N–H and O–H groups in total. The van der Waals surface area contributed by atoms with Gasteiger partial charge in [-0.15, -0.1) is 0 Å². The van der Waals surface area contributed by atoms with E-state index in [0.717, 1.165) is 6.08 Å². The Labute approximate surface area is 199 Å². The van der Waals surface area contributed by atoms with Crippen LogP contribution in [0.1, 0.15) is 21.7 Å². The second-order valence-electron chi connectivity index (χ2n) is 6.93. The van der Waals surface area contributed by atoms with Gasteiger partial charge in [-0.2, -0.15) is 13.2 Å². The highest BCUT2D eigenvalue weighted by molar-refractivity contribution is 7.78. The number of nitrogens with zero attached hydrogens (tertiary/aromatic N) is 2. The molecular formula is C22H17F3N5O4S-. The Bertz CT molecular complexity index is 1300. The Morgan fingerprint density at radius 1 is 1.06 bits per heavy atom. The van der Waals surface area contributed by atoms with Crippen molar-refractivity contribution in [3.8, 4) is 0 Å². The fourth-order valence-corrected chi connectivity index (χ4v) is 3.19. The van der Waals surface area contributed by atoms with Crippen LogP contribution in [-0.2, 0) is 27.8 Å². The van der Waals surface area contributed by atoms with Crippen LogP contribution in [0.4, 0.5) is 36.1 Å². The molecule has 9 nitrogen and oxygen atoms in total. The van der Waals surface area contributed by atoms with Gasteiger partial charge in [0.05, 0.1) is 5.75 Å². The van der Waals surface area contributed by atoms with Crippen molar-refractivity contribution in [1.82, 2.24) is 9.97 Å². The number of carbonyl (C=O) groups excluding carboxylic acids is 2. The van der Waals surface area contributed by atoms with Crippen molar-refractivity contribution in [3.05, 3.63) is 84.3 Å². The lowest BCUT2D eigenvalue weighted by atomic mass is 10.1. The Balaban J connectivity index is 1.82. The molecule has 1 aromatic heterocycles. The lowest BCUT2D eigenvalue weighted by Crippen LogP contribution is -2.14. The van der Waals surface area contributed by atoms with E-state index >= 15 is 0 Å². The molecule has 0 radical (unpaired) electrons. The van der Waals surface area contributed by atoms with Gasteiger partial charge in [-0.3, -0.25) is 13.8 Å². The zero-order chi connectivity index (χ0) is 25.6. The Morgan fingerprint density at radius 2 is 1.71 bits per heavy atom. The Morgan fingerprint density at radius 3 is 2.37 bits per heavy atom. The van der Waals surface area contributed by atoms with Gasteiger partial charge in [0, 0.05) is 28.8 Å². The first kappa shape index (κ1) is 25.5. The van der Waals surface area contributed by atoms with Crippen LogP contribution in [0, 0.1) is 0 Å². The van der Waals surface area contributed by atoms with Crippen LogP contribution in [-0.4, -0.2) is 30.5 Å².